The van der Waals surface area contributed by atoms with Crippen molar-refractivity contribution in [3.05, 3.63) is 0 Å². The van der Waals surface area contributed by atoms with Gasteiger partial charge in [-0.3, -0.25) is 24.0 Å². The first-order valence-electron chi connectivity index (χ1n) is 11.3. The van der Waals surface area contributed by atoms with Gasteiger partial charge in [0, 0.05) is 19.4 Å². The lowest BCUT2D eigenvalue weighted by Crippen LogP contribution is -2.57. The first-order chi connectivity index (χ1) is 15.9. The molecule has 1 rings (SSSR count). The zero-order valence-electron chi connectivity index (χ0n) is 19.5. The highest BCUT2D eigenvalue weighted by atomic mass is 16.4. The standard InChI is InChI=1S/C21H35N5O8/c1-3-11(2)17(21(33)34)25-18(30)13(7-9-16(28)29)24-19(31)14-5-4-10-26(14)20(32)12(22)6-8-15(23)27/h11-14,17H,3-10,22H2,1-2H3,(H2,23,27)(H,24,31)(H,25,30)(H,28,29)(H,33,34). The van der Waals surface area contributed by atoms with Crippen LogP contribution in [0.5, 0.6) is 0 Å². The summed E-state index contributed by atoms with van der Waals surface area (Å²) in [4.78, 5) is 73.2. The minimum Gasteiger partial charge on any atom is -0.481 e. The summed E-state index contributed by atoms with van der Waals surface area (Å²) in [6.07, 6.45) is 0.512. The molecule has 0 spiro atoms. The van der Waals surface area contributed by atoms with E-state index in [1.165, 1.54) is 4.90 Å². The van der Waals surface area contributed by atoms with E-state index in [0.29, 0.717) is 19.3 Å². The minimum absolute atomic E-state index is 0.0227. The van der Waals surface area contributed by atoms with Crippen molar-refractivity contribution in [3.8, 4) is 0 Å². The molecular weight excluding hydrogens is 450 g/mol. The van der Waals surface area contributed by atoms with Crippen LogP contribution in [0.4, 0.5) is 0 Å². The molecule has 1 aliphatic rings. The van der Waals surface area contributed by atoms with Gasteiger partial charge in [0.1, 0.15) is 18.1 Å². The Morgan fingerprint density at radius 1 is 1.06 bits per heavy atom. The van der Waals surface area contributed by atoms with Crippen LogP contribution in [0.3, 0.4) is 0 Å². The number of amides is 4. The fourth-order valence-electron chi connectivity index (χ4n) is 3.68. The van der Waals surface area contributed by atoms with E-state index in [1.807, 2.05) is 0 Å². The minimum atomic E-state index is -1.31. The van der Waals surface area contributed by atoms with E-state index in [1.54, 1.807) is 13.8 Å². The molecule has 34 heavy (non-hydrogen) atoms. The van der Waals surface area contributed by atoms with Crippen LogP contribution in [0.1, 0.15) is 58.8 Å². The van der Waals surface area contributed by atoms with Gasteiger partial charge in [0.25, 0.3) is 0 Å². The summed E-state index contributed by atoms with van der Waals surface area (Å²) in [7, 11) is 0. The van der Waals surface area contributed by atoms with Crippen molar-refractivity contribution in [2.75, 3.05) is 6.54 Å². The van der Waals surface area contributed by atoms with Gasteiger partial charge in [0.05, 0.1) is 6.04 Å². The molecule has 13 heteroatoms. The smallest absolute Gasteiger partial charge is 0.326 e. The summed E-state index contributed by atoms with van der Waals surface area (Å²) >= 11 is 0. The molecule has 5 unspecified atom stereocenters. The number of carboxylic acid groups (broad SMARTS) is 2. The number of nitrogens with zero attached hydrogens (tertiary/aromatic N) is 1. The number of carboxylic acids is 2. The highest BCUT2D eigenvalue weighted by Crippen LogP contribution is 2.20. The summed E-state index contributed by atoms with van der Waals surface area (Å²) in [5, 5.41) is 23.3. The molecule has 4 amide bonds. The van der Waals surface area contributed by atoms with E-state index in [9.17, 15) is 33.9 Å². The number of aliphatic carboxylic acids is 2. The molecule has 0 aromatic heterocycles. The van der Waals surface area contributed by atoms with Crippen molar-refractivity contribution < 1.29 is 39.0 Å². The Bertz CT molecular complexity index is 789. The average Bonchev–Trinajstić information content (AvgIpc) is 3.26. The Morgan fingerprint density at radius 2 is 1.71 bits per heavy atom. The van der Waals surface area contributed by atoms with Gasteiger partial charge >= 0.3 is 11.9 Å². The third-order valence-electron chi connectivity index (χ3n) is 5.91. The number of primary amides is 1. The Labute approximate surface area is 197 Å². The van der Waals surface area contributed by atoms with E-state index in [2.05, 4.69) is 10.6 Å². The van der Waals surface area contributed by atoms with Gasteiger partial charge in [-0.2, -0.15) is 0 Å². The Kier molecular flexibility index (Phi) is 11.4. The Hall–Kier alpha value is -3.22. The summed E-state index contributed by atoms with van der Waals surface area (Å²) in [5.41, 5.74) is 10.9. The van der Waals surface area contributed by atoms with Crippen LogP contribution in [0.25, 0.3) is 0 Å². The molecule has 1 aliphatic heterocycles. The largest absolute Gasteiger partial charge is 0.481 e. The van der Waals surface area contributed by atoms with Gasteiger partial charge in [-0.1, -0.05) is 20.3 Å². The molecule has 8 N–H and O–H groups in total. The van der Waals surface area contributed by atoms with Crippen molar-refractivity contribution in [2.24, 2.45) is 17.4 Å². The summed E-state index contributed by atoms with van der Waals surface area (Å²) in [5.74, 6) is -5.48. The van der Waals surface area contributed by atoms with Gasteiger partial charge in [-0.15, -0.1) is 0 Å². The van der Waals surface area contributed by atoms with Crippen LogP contribution in [0.15, 0.2) is 0 Å². The summed E-state index contributed by atoms with van der Waals surface area (Å²) < 4.78 is 0. The zero-order chi connectivity index (χ0) is 26.0. The number of carbonyl (C=O) groups is 6. The van der Waals surface area contributed by atoms with Crippen molar-refractivity contribution >= 4 is 35.6 Å². The van der Waals surface area contributed by atoms with Crippen LogP contribution in [-0.2, 0) is 28.8 Å². The third kappa shape index (κ3) is 8.61. The van der Waals surface area contributed by atoms with Crippen molar-refractivity contribution in [3.63, 3.8) is 0 Å². The normalized spacial score (nSPS) is 18.9. The molecule has 192 valence electrons. The number of hydrogen-bond acceptors (Lipinski definition) is 7. The molecule has 0 aromatic carbocycles. The van der Waals surface area contributed by atoms with Gasteiger partial charge in [-0.25, -0.2) is 4.79 Å². The highest BCUT2D eigenvalue weighted by molar-refractivity contribution is 5.94. The summed E-state index contributed by atoms with van der Waals surface area (Å²) in [6, 6.07) is -4.49. The van der Waals surface area contributed by atoms with Crippen LogP contribution in [0.2, 0.25) is 0 Å². The fourth-order valence-corrected chi connectivity index (χ4v) is 3.68. The Balaban J connectivity index is 2.95. The third-order valence-corrected chi connectivity index (χ3v) is 5.91. The lowest BCUT2D eigenvalue weighted by molar-refractivity contribution is -0.145. The van der Waals surface area contributed by atoms with Crippen LogP contribution < -0.4 is 22.1 Å². The number of rotatable bonds is 14. The van der Waals surface area contributed by atoms with Crippen LogP contribution >= 0.6 is 0 Å². The first kappa shape index (κ1) is 28.8. The quantitative estimate of drug-likeness (QED) is 0.169. The second-order valence-corrected chi connectivity index (χ2v) is 8.50. The molecule has 0 aliphatic carbocycles. The average molecular weight is 486 g/mol. The van der Waals surface area contributed by atoms with Crippen molar-refractivity contribution in [1.29, 1.82) is 0 Å². The second-order valence-electron chi connectivity index (χ2n) is 8.50. The lowest BCUT2D eigenvalue weighted by Gasteiger charge is -2.29. The molecule has 0 radical (unpaired) electrons. The van der Waals surface area contributed by atoms with E-state index < -0.39 is 72.1 Å². The predicted molar refractivity (Wildman–Crippen MR) is 119 cm³/mol. The Morgan fingerprint density at radius 3 is 2.24 bits per heavy atom. The van der Waals surface area contributed by atoms with Crippen LogP contribution in [-0.4, -0.2) is 81.4 Å². The second kappa shape index (κ2) is 13.5. The summed E-state index contributed by atoms with van der Waals surface area (Å²) in [6.45, 7) is 3.66. The molecule has 0 saturated carbocycles. The molecule has 1 heterocycles. The number of carbonyl (C=O) groups excluding carboxylic acids is 4. The SMILES string of the molecule is CCC(C)C(NC(=O)C(CCC(=O)O)NC(=O)C1CCCN1C(=O)C(N)CCC(N)=O)C(=O)O. The van der Waals surface area contributed by atoms with E-state index in [-0.39, 0.29) is 25.8 Å². The molecular formula is C21H35N5O8. The highest BCUT2D eigenvalue weighted by Gasteiger charge is 2.38. The maximum Gasteiger partial charge on any atom is 0.326 e. The number of nitrogens with one attached hydrogen (secondary N) is 2. The molecule has 1 fully saturated rings. The molecule has 13 nitrogen and oxygen atoms in total. The maximum atomic E-state index is 13.0. The number of nitrogens with two attached hydrogens (primary N) is 2. The van der Waals surface area contributed by atoms with Gasteiger partial charge in [0.15, 0.2) is 0 Å². The number of likely N-dealkylation sites (tertiary alicyclic amines) is 1. The molecule has 0 aromatic rings. The van der Waals surface area contributed by atoms with E-state index in [4.69, 9.17) is 16.6 Å². The van der Waals surface area contributed by atoms with Gasteiger partial charge in [0.2, 0.25) is 23.6 Å². The number of hydrogen-bond donors (Lipinski definition) is 6. The first-order valence-corrected chi connectivity index (χ1v) is 11.3. The van der Waals surface area contributed by atoms with Crippen molar-refractivity contribution in [2.45, 2.75) is 83.0 Å². The van der Waals surface area contributed by atoms with E-state index >= 15 is 0 Å². The molecule has 5 atom stereocenters. The maximum absolute atomic E-state index is 13.0. The molecule has 0 bridgehead atoms. The monoisotopic (exact) mass is 485 g/mol. The lowest BCUT2D eigenvalue weighted by atomic mass is 9.98. The topological polar surface area (TPSA) is 222 Å². The van der Waals surface area contributed by atoms with Gasteiger partial charge in [-0.05, 0) is 31.6 Å². The van der Waals surface area contributed by atoms with E-state index in [0.717, 1.165) is 0 Å². The zero-order valence-corrected chi connectivity index (χ0v) is 19.5. The van der Waals surface area contributed by atoms with Gasteiger partial charge < -0.3 is 37.2 Å². The van der Waals surface area contributed by atoms with Crippen LogP contribution in [0, 0.1) is 5.92 Å². The van der Waals surface area contributed by atoms with Crippen molar-refractivity contribution in [1.82, 2.24) is 15.5 Å². The fraction of sp³-hybridized carbons (Fsp3) is 0.714. The molecule has 1 saturated heterocycles. The predicted octanol–water partition coefficient (Wildman–Crippen LogP) is -1.46.